The predicted molar refractivity (Wildman–Crippen MR) is 73.8 cm³/mol. The van der Waals surface area contributed by atoms with Crippen molar-refractivity contribution in [1.82, 2.24) is 0 Å². The third-order valence-electron chi connectivity index (χ3n) is 3.04. The zero-order valence-corrected chi connectivity index (χ0v) is 11.1. The van der Waals surface area contributed by atoms with Gasteiger partial charge in [-0.3, -0.25) is 0 Å². The molecule has 0 radical (unpaired) electrons. The zero-order chi connectivity index (χ0) is 11.6. The molecule has 0 aliphatic heterocycles. The summed E-state index contributed by atoms with van der Waals surface area (Å²) < 4.78 is 6.20. The van der Waals surface area contributed by atoms with Crippen LogP contribution in [0.2, 0.25) is 0 Å². The molecule has 2 rings (SSSR count). The molecule has 0 amide bonds. The van der Waals surface area contributed by atoms with Crippen molar-refractivity contribution >= 4 is 16.1 Å². The summed E-state index contributed by atoms with van der Waals surface area (Å²) in [5.41, 5.74) is 2.72. The molecule has 1 aliphatic rings. The number of hydrogen-bond donors (Lipinski definition) is 0. The fraction of sp³-hybridized carbons (Fsp3) is 0.429. The molecule has 0 spiro atoms. The van der Waals surface area contributed by atoms with Gasteiger partial charge in [-0.2, -0.15) is 0 Å². The smallest absolute Gasteiger partial charge is 0.138 e. The van der Waals surface area contributed by atoms with Crippen molar-refractivity contribution in [1.29, 1.82) is 0 Å². The van der Waals surface area contributed by atoms with Gasteiger partial charge in [0, 0.05) is 11.3 Å². The number of fused-ring (bicyclic) bond motifs is 1. The van der Waals surface area contributed by atoms with Crippen molar-refractivity contribution in [3.63, 3.8) is 0 Å². The molecule has 0 bridgehead atoms. The Bertz CT molecular complexity index is 407. The van der Waals surface area contributed by atoms with Crippen LogP contribution in [0.1, 0.15) is 24.5 Å². The lowest BCUT2D eigenvalue weighted by Crippen LogP contribution is -2.07. The lowest BCUT2D eigenvalue weighted by molar-refractivity contribution is 0.573. The van der Waals surface area contributed by atoms with Crippen LogP contribution >= 0.6 is 10.3 Å². The van der Waals surface area contributed by atoms with Crippen LogP contribution in [0.4, 0.5) is 0 Å². The van der Waals surface area contributed by atoms with Gasteiger partial charge in [-0.25, -0.2) is 0 Å². The largest absolute Gasteiger partial charge is 0.449 e. The van der Waals surface area contributed by atoms with Gasteiger partial charge in [0.25, 0.3) is 0 Å². The zero-order valence-electron chi connectivity index (χ0n) is 10.3. The van der Waals surface area contributed by atoms with E-state index in [0.717, 1.165) is 24.4 Å². The Balaban J connectivity index is 2.26. The molecule has 0 N–H and O–H groups in total. The van der Waals surface area contributed by atoms with Crippen LogP contribution in [0.5, 0.6) is 0 Å². The Morgan fingerprint density at radius 2 is 2.00 bits per heavy atom. The van der Waals surface area contributed by atoms with Gasteiger partial charge in [-0.15, -0.1) is 0 Å². The molecule has 0 saturated carbocycles. The van der Waals surface area contributed by atoms with Gasteiger partial charge >= 0.3 is 0 Å². The van der Waals surface area contributed by atoms with E-state index >= 15 is 0 Å². The first-order chi connectivity index (χ1) is 7.62. The van der Waals surface area contributed by atoms with E-state index in [9.17, 15) is 0 Å². The van der Waals surface area contributed by atoms with E-state index in [1.165, 1.54) is 11.1 Å². The maximum absolute atomic E-state index is 6.20. The average Bonchev–Trinajstić information content (AvgIpc) is 2.29. The van der Waals surface area contributed by atoms with E-state index in [1.54, 1.807) is 0 Å². The van der Waals surface area contributed by atoms with Gasteiger partial charge in [0.2, 0.25) is 0 Å². The number of aryl methyl sites for hydroxylation is 1. The number of rotatable bonds is 3. The summed E-state index contributed by atoms with van der Waals surface area (Å²) in [4.78, 5) is 0. The molecule has 1 aliphatic carbocycles. The SMILES string of the molecule is CCS(C)(C)OC1=CCCc2ccccc21. The van der Waals surface area contributed by atoms with E-state index in [1.807, 2.05) is 0 Å². The Labute approximate surface area is 100 Å². The predicted octanol–water partition coefficient (Wildman–Crippen LogP) is 3.99. The molecule has 2 heteroatoms. The maximum atomic E-state index is 6.20. The fourth-order valence-electron chi connectivity index (χ4n) is 1.83. The fourth-order valence-corrected chi connectivity index (χ4v) is 2.59. The highest BCUT2D eigenvalue weighted by Gasteiger charge is 2.18. The normalized spacial score (nSPS) is 16.3. The van der Waals surface area contributed by atoms with E-state index in [2.05, 4.69) is 49.8 Å². The topological polar surface area (TPSA) is 9.23 Å². The maximum Gasteiger partial charge on any atom is 0.138 e. The Morgan fingerprint density at radius 3 is 2.75 bits per heavy atom. The second-order valence-electron chi connectivity index (χ2n) is 4.57. The molecular formula is C14H20OS. The number of benzene rings is 1. The summed E-state index contributed by atoms with van der Waals surface area (Å²) in [5, 5.41) is 0. The third kappa shape index (κ3) is 2.43. The minimum absolute atomic E-state index is 0.930. The van der Waals surface area contributed by atoms with Crippen LogP contribution in [0.15, 0.2) is 30.3 Å². The van der Waals surface area contributed by atoms with Gasteiger partial charge in [-0.05, 0) is 37.0 Å². The lowest BCUT2D eigenvalue weighted by Gasteiger charge is -2.33. The molecular weight excluding hydrogens is 216 g/mol. The van der Waals surface area contributed by atoms with Gasteiger partial charge in [0.1, 0.15) is 5.76 Å². The molecule has 0 atom stereocenters. The molecule has 1 aromatic carbocycles. The second kappa shape index (κ2) is 4.54. The standard InChI is InChI=1S/C14H20OS/c1-4-16(2,3)15-14-11-7-9-12-8-5-6-10-13(12)14/h5-6,8,10-11H,4,7,9H2,1-3H3. The van der Waals surface area contributed by atoms with Crippen LogP contribution in [0, 0.1) is 0 Å². The van der Waals surface area contributed by atoms with Crippen molar-refractivity contribution in [2.75, 3.05) is 18.3 Å². The van der Waals surface area contributed by atoms with Crippen molar-refractivity contribution in [3.05, 3.63) is 41.5 Å². The Kier molecular flexibility index (Phi) is 3.29. The monoisotopic (exact) mass is 236 g/mol. The van der Waals surface area contributed by atoms with E-state index in [-0.39, 0.29) is 0 Å². The van der Waals surface area contributed by atoms with Gasteiger partial charge in [0.05, 0.1) is 0 Å². The first-order valence-corrected chi connectivity index (χ1v) is 8.35. The van der Waals surface area contributed by atoms with E-state index in [4.69, 9.17) is 4.18 Å². The highest BCUT2D eigenvalue weighted by atomic mass is 32.3. The summed E-state index contributed by atoms with van der Waals surface area (Å²) >= 11 is 0. The van der Waals surface area contributed by atoms with Gasteiger partial charge < -0.3 is 4.18 Å². The summed E-state index contributed by atoms with van der Waals surface area (Å²) in [5.74, 6) is 2.20. The van der Waals surface area contributed by atoms with Gasteiger partial charge in [-0.1, -0.05) is 41.5 Å². The lowest BCUT2D eigenvalue weighted by atomic mass is 9.96. The quantitative estimate of drug-likeness (QED) is 0.771. The molecule has 0 heterocycles. The van der Waals surface area contributed by atoms with Crippen molar-refractivity contribution in [2.45, 2.75) is 19.8 Å². The molecule has 0 aromatic heterocycles. The highest BCUT2D eigenvalue weighted by Crippen LogP contribution is 2.46. The van der Waals surface area contributed by atoms with E-state index < -0.39 is 10.3 Å². The Hall–Kier alpha value is -0.890. The average molecular weight is 236 g/mol. The van der Waals surface area contributed by atoms with Crippen molar-refractivity contribution in [2.24, 2.45) is 0 Å². The van der Waals surface area contributed by atoms with Crippen LogP contribution in [0.3, 0.4) is 0 Å². The molecule has 0 fully saturated rings. The summed E-state index contributed by atoms with van der Waals surface area (Å²) in [6, 6.07) is 8.58. The van der Waals surface area contributed by atoms with Crippen molar-refractivity contribution in [3.8, 4) is 0 Å². The second-order valence-corrected chi connectivity index (χ2v) is 8.19. The summed E-state index contributed by atoms with van der Waals surface area (Å²) in [6.45, 7) is 2.20. The first-order valence-electron chi connectivity index (χ1n) is 5.81. The third-order valence-corrected chi connectivity index (χ3v) is 5.06. The highest BCUT2D eigenvalue weighted by molar-refractivity contribution is 8.28. The van der Waals surface area contributed by atoms with Crippen LogP contribution in [-0.2, 0) is 10.6 Å². The first kappa shape index (κ1) is 11.6. The minimum Gasteiger partial charge on any atom is -0.449 e. The number of hydrogen-bond acceptors (Lipinski definition) is 1. The van der Waals surface area contributed by atoms with Crippen LogP contribution in [-0.4, -0.2) is 18.3 Å². The number of allylic oxidation sites excluding steroid dienone is 1. The van der Waals surface area contributed by atoms with E-state index in [0.29, 0.717) is 0 Å². The molecule has 1 aromatic rings. The van der Waals surface area contributed by atoms with Crippen LogP contribution < -0.4 is 0 Å². The van der Waals surface area contributed by atoms with Gasteiger partial charge in [0.15, 0.2) is 0 Å². The Morgan fingerprint density at radius 1 is 1.25 bits per heavy atom. The molecule has 16 heavy (non-hydrogen) atoms. The van der Waals surface area contributed by atoms with Crippen molar-refractivity contribution < 1.29 is 4.18 Å². The molecule has 0 unspecified atom stereocenters. The minimum atomic E-state index is -0.930. The molecule has 0 saturated heterocycles. The summed E-state index contributed by atoms with van der Waals surface area (Å²) in [6.07, 6.45) is 8.94. The molecule has 88 valence electrons. The summed E-state index contributed by atoms with van der Waals surface area (Å²) in [7, 11) is -0.930. The van der Waals surface area contributed by atoms with Crippen LogP contribution in [0.25, 0.3) is 5.76 Å². The molecule has 1 nitrogen and oxygen atoms in total.